The molecule has 1 atom stereocenters. The number of rotatable bonds is 10. The first kappa shape index (κ1) is 23.5. The zero-order valence-electron chi connectivity index (χ0n) is 18.8. The molecule has 0 radical (unpaired) electrons. The molecular weight excluding hydrogens is 376 g/mol. The molecule has 1 unspecified atom stereocenters. The minimum Gasteiger partial charge on any atom is -0.484 e. The molecule has 0 fully saturated rings. The van der Waals surface area contributed by atoms with Crippen LogP contribution in [0.4, 0.5) is 0 Å². The average molecular weight is 411 g/mol. The number of hydrogen-bond donors (Lipinski definition) is 1. The summed E-state index contributed by atoms with van der Waals surface area (Å²) in [4.78, 5) is 27.6. The lowest BCUT2D eigenvalue weighted by atomic mass is 10.1. The number of carbonyl (C=O) groups excluding carboxylic acids is 2. The number of ether oxygens (including phenoxy) is 1. The van der Waals surface area contributed by atoms with Crippen LogP contribution in [-0.4, -0.2) is 35.9 Å². The third-order valence-electron chi connectivity index (χ3n) is 4.86. The predicted molar refractivity (Wildman–Crippen MR) is 120 cm³/mol. The predicted octanol–water partition coefficient (Wildman–Crippen LogP) is 4.26. The summed E-state index contributed by atoms with van der Waals surface area (Å²) in [5.74, 6) is 0.667. The van der Waals surface area contributed by atoms with E-state index in [1.165, 1.54) is 0 Å². The second kappa shape index (κ2) is 11.4. The van der Waals surface area contributed by atoms with E-state index in [1.807, 2.05) is 83.1 Å². The monoisotopic (exact) mass is 410 g/mol. The molecule has 162 valence electrons. The molecule has 5 heteroatoms. The summed E-state index contributed by atoms with van der Waals surface area (Å²) in [6.07, 6.45) is 0.534. The van der Waals surface area contributed by atoms with Crippen LogP contribution >= 0.6 is 0 Å². The standard InChI is InChI=1S/C25H34N2O3/c1-6-23(25(29)26-15-18(2)3)27(16-21-11-7-9-19(4)13-21)24(28)17-30-22-12-8-10-20(5)14-22/h7-14,18,23H,6,15-17H2,1-5H3,(H,26,29). The van der Waals surface area contributed by atoms with Gasteiger partial charge in [0.1, 0.15) is 11.8 Å². The summed E-state index contributed by atoms with van der Waals surface area (Å²) in [6, 6.07) is 15.1. The smallest absolute Gasteiger partial charge is 0.261 e. The molecule has 0 aromatic heterocycles. The van der Waals surface area contributed by atoms with E-state index in [0.717, 1.165) is 16.7 Å². The minimum absolute atomic E-state index is 0.108. The fourth-order valence-electron chi connectivity index (χ4n) is 3.28. The molecule has 2 rings (SSSR count). The van der Waals surface area contributed by atoms with Crippen LogP contribution in [0.25, 0.3) is 0 Å². The van der Waals surface area contributed by atoms with Crippen LogP contribution in [0.2, 0.25) is 0 Å². The Bertz CT molecular complexity index is 848. The lowest BCUT2D eigenvalue weighted by Crippen LogP contribution is -2.50. The number of amides is 2. The van der Waals surface area contributed by atoms with Crippen molar-refractivity contribution >= 4 is 11.8 Å². The second-order valence-corrected chi connectivity index (χ2v) is 8.18. The van der Waals surface area contributed by atoms with Gasteiger partial charge in [0.2, 0.25) is 5.91 Å². The Kier molecular flexibility index (Phi) is 8.90. The number of nitrogens with zero attached hydrogens (tertiary/aromatic N) is 1. The average Bonchev–Trinajstić information content (AvgIpc) is 2.70. The van der Waals surface area contributed by atoms with E-state index in [9.17, 15) is 9.59 Å². The van der Waals surface area contributed by atoms with Gasteiger partial charge in [-0.2, -0.15) is 0 Å². The van der Waals surface area contributed by atoms with Gasteiger partial charge in [-0.15, -0.1) is 0 Å². The van der Waals surface area contributed by atoms with E-state index in [2.05, 4.69) is 5.32 Å². The van der Waals surface area contributed by atoms with Crippen LogP contribution in [0.5, 0.6) is 5.75 Å². The number of aryl methyl sites for hydroxylation is 2. The molecule has 2 aromatic rings. The highest BCUT2D eigenvalue weighted by molar-refractivity contribution is 5.88. The van der Waals surface area contributed by atoms with Gasteiger partial charge < -0.3 is 15.0 Å². The summed E-state index contributed by atoms with van der Waals surface area (Å²) in [7, 11) is 0. The van der Waals surface area contributed by atoms with Gasteiger partial charge in [-0.05, 0) is 49.4 Å². The molecule has 1 N–H and O–H groups in total. The molecular formula is C25H34N2O3. The molecule has 2 aromatic carbocycles. The van der Waals surface area contributed by atoms with Crippen molar-refractivity contribution in [3.05, 3.63) is 65.2 Å². The first-order valence-electron chi connectivity index (χ1n) is 10.6. The van der Waals surface area contributed by atoms with E-state index in [1.54, 1.807) is 4.90 Å². The highest BCUT2D eigenvalue weighted by Gasteiger charge is 2.29. The van der Waals surface area contributed by atoms with E-state index in [4.69, 9.17) is 4.74 Å². The Morgan fingerprint density at radius 1 is 1.03 bits per heavy atom. The maximum Gasteiger partial charge on any atom is 0.261 e. The quantitative estimate of drug-likeness (QED) is 0.637. The normalized spacial score (nSPS) is 11.8. The summed E-state index contributed by atoms with van der Waals surface area (Å²) in [5.41, 5.74) is 3.18. The lowest BCUT2D eigenvalue weighted by Gasteiger charge is -2.31. The summed E-state index contributed by atoms with van der Waals surface area (Å²) in [5, 5.41) is 2.97. The van der Waals surface area contributed by atoms with Crippen LogP contribution in [0.15, 0.2) is 48.5 Å². The number of hydrogen-bond acceptors (Lipinski definition) is 3. The van der Waals surface area contributed by atoms with Gasteiger partial charge in [0.25, 0.3) is 5.91 Å². The van der Waals surface area contributed by atoms with Gasteiger partial charge in [0, 0.05) is 13.1 Å². The van der Waals surface area contributed by atoms with Gasteiger partial charge in [-0.1, -0.05) is 62.7 Å². The largest absolute Gasteiger partial charge is 0.484 e. The van der Waals surface area contributed by atoms with Crippen molar-refractivity contribution in [2.45, 2.75) is 53.6 Å². The van der Waals surface area contributed by atoms with Crippen molar-refractivity contribution < 1.29 is 14.3 Å². The Labute approximate surface area is 180 Å². The van der Waals surface area contributed by atoms with E-state index in [0.29, 0.717) is 31.2 Å². The van der Waals surface area contributed by atoms with Crippen molar-refractivity contribution in [2.75, 3.05) is 13.2 Å². The Balaban J connectivity index is 2.19. The number of benzene rings is 2. The highest BCUT2D eigenvalue weighted by atomic mass is 16.5. The van der Waals surface area contributed by atoms with Crippen molar-refractivity contribution in [3.63, 3.8) is 0 Å². The molecule has 0 saturated heterocycles. The van der Waals surface area contributed by atoms with Gasteiger partial charge in [-0.3, -0.25) is 9.59 Å². The highest BCUT2D eigenvalue weighted by Crippen LogP contribution is 2.16. The SMILES string of the molecule is CCC(C(=O)NCC(C)C)N(Cc1cccc(C)c1)C(=O)COc1cccc(C)c1. The van der Waals surface area contributed by atoms with Crippen LogP contribution < -0.4 is 10.1 Å². The van der Waals surface area contributed by atoms with E-state index in [-0.39, 0.29) is 18.4 Å². The van der Waals surface area contributed by atoms with Crippen LogP contribution in [0, 0.1) is 19.8 Å². The number of carbonyl (C=O) groups is 2. The van der Waals surface area contributed by atoms with Gasteiger partial charge >= 0.3 is 0 Å². The Morgan fingerprint density at radius 3 is 2.30 bits per heavy atom. The van der Waals surface area contributed by atoms with Crippen LogP contribution in [0.3, 0.4) is 0 Å². The fraction of sp³-hybridized carbons (Fsp3) is 0.440. The van der Waals surface area contributed by atoms with Crippen molar-refractivity contribution in [1.82, 2.24) is 10.2 Å². The first-order valence-corrected chi connectivity index (χ1v) is 10.6. The fourth-order valence-corrected chi connectivity index (χ4v) is 3.28. The Hall–Kier alpha value is -2.82. The maximum absolute atomic E-state index is 13.2. The zero-order chi connectivity index (χ0) is 22.1. The maximum atomic E-state index is 13.2. The van der Waals surface area contributed by atoms with Crippen molar-refractivity contribution in [3.8, 4) is 5.75 Å². The summed E-state index contributed by atoms with van der Waals surface area (Å²) in [6.45, 7) is 10.9. The molecule has 0 aliphatic carbocycles. The Morgan fingerprint density at radius 2 is 1.70 bits per heavy atom. The topological polar surface area (TPSA) is 58.6 Å². The van der Waals surface area contributed by atoms with Gasteiger partial charge in [-0.25, -0.2) is 0 Å². The molecule has 0 aliphatic rings. The van der Waals surface area contributed by atoms with Crippen LogP contribution in [0.1, 0.15) is 43.9 Å². The molecule has 5 nitrogen and oxygen atoms in total. The zero-order valence-corrected chi connectivity index (χ0v) is 18.8. The molecule has 0 heterocycles. The molecule has 2 amide bonds. The molecule has 0 saturated carbocycles. The van der Waals surface area contributed by atoms with Gasteiger partial charge in [0.05, 0.1) is 0 Å². The number of nitrogens with one attached hydrogen (secondary N) is 1. The van der Waals surface area contributed by atoms with Crippen molar-refractivity contribution in [1.29, 1.82) is 0 Å². The van der Waals surface area contributed by atoms with E-state index >= 15 is 0 Å². The van der Waals surface area contributed by atoms with E-state index < -0.39 is 6.04 Å². The lowest BCUT2D eigenvalue weighted by molar-refractivity contribution is -0.143. The minimum atomic E-state index is -0.544. The van der Waals surface area contributed by atoms with Crippen molar-refractivity contribution in [2.24, 2.45) is 5.92 Å². The second-order valence-electron chi connectivity index (χ2n) is 8.18. The molecule has 0 aliphatic heterocycles. The third-order valence-corrected chi connectivity index (χ3v) is 4.86. The first-order chi connectivity index (χ1) is 14.3. The third kappa shape index (κ3) is 7.21. The van der Waals surface area contributed by atoms with Gasteiger partial charge in [0.15, 0.2) is 6.61 Å². The summed E-state index contributed by atoms with van der Waals surface area (Å²) >= 11 is 0. The molecule has 0 bridgehead atoms. The molecule has 30 heavy (non-hydrogen) atoms. The van der Waals surface area contributed by atoms with Crippen LogP contribution in [-0.2, 0) is 16.1 Å². The molecule has 0 spiro atoms. The summed E-state index contributed by atoms with van der Waals surface area (Å²) < 4.78 is 5.74.